The van der Waals surface area contributed by atoms with Crippen LogP contribution in [0.2, 0.25) is 0 Å². The summed E-state index contributed by atoms with van der Waals surface area (Å²) in [6.45, 7) is 4.95. The minimum absolute atomic E-state index is 0.0401. The lowest BCUT2D eigenvalue weighted by molar-refractivity contribution is -0.143. The van der Waals surface area contributed by atoms with E-state index < -0.39 is 47.9 Å². The van der Waals surface area contributed by atoms with Crippen LogP contribution in [-0.4, -0.2) is 63.8 Å². The number of carboxylic acid groups (broad SMARTS) is 1. The van der Waals surface area contributed by atoms with E-state index in [0.29, 0.717) is 12.0 Å². The van der Waals surface area contributed by atoms with Gasteiger partial charge in [0.2, 0.25) is 17.7 Å². The van der Waals surface area contributed by atoms with Gasteiger partial charge in [0.15, 0.2) is 0 Å². The first-order valence-corrected chi connectivity index (χ1v) is 10.9. The van der Waals surface area contributed by atoms with Crippen molar-refractivity contribution in [1.82, 2.24) is 16.0 Å². The monoisotopic (exact) mass is 468 g/mol. The lowest BCUT2D eigenvalue weighted by atomic mass is 9.98. The summed E-state index contributed by atoms with van der Waals surface area (Å²) in [5.74, 6) is -3.25. The van der Waals surface area contributed by atoms with Gasteiger partial charge >= 0.3 is 5.97 Å². The van der Waals surface area contributed by atoms with Crippen LogP contribution in [0.15, 0.2) is 24.3 Å². The number of thiol groups is 1. The number of carboxylic acids is 1. The standard InChI is InChI=1S/C21H32N4O6S/c1-4-11(2)17(21(30)31)25-20(29)16(9-13-5-7-14(26)8-6-13)24-18(27)12(3)23-19(28)15(22)10-32/h5-8,11-12,15-17,26,32H,4,9-10,22H2,1-3H3,(H,23,28)(H,24,27)(H,25,29)(H,30,31). The highest BCUT2D eigenvalue weighted by molar-refractivity contribution is 7.80. The fraction of sp³-hybridized carbons (Fsp3) is 0.524. The van der Waals surface area contributed by atoms with E-state index in [1.807, 2.05) is 6.92 Å². The molecule has 0 spiro atoms. The van der Waals surface area contributed by atoms with Gasteiger partial charge in [0, 0.05) is 12.2 Å². The van der Waals surface area contributed by atoms with Crippen LogP contribution in [0.5, 0.6) is 5.75 Å². The summed E-state index contributed by atoms with van der Waals surface area (Å²) in [4.78, 5) is 49.1. The molecule has 7 N–H and O–H groups in total. The SMILES string of the molecule is CCC(C)C(NC(=O)C(Cc1ccc(O)cc1)NC(=O)C(C)NC(=O)C(N)CS)C(=O)O. The third-order valence-electron chi connectivity index (χ3n) is 5.07. The third-order valence-corrected chi connectivity index (χ3v) is 5.46. The molecule has 0 bridgehead atoms. The van der Waals surface area contributed by atoms with Crippen LogP contribution >= 0.6 is 12.6 Å². The van der Waals surface area contributed by atoms with Gasteiger partial charge in [0.05, 0.1) is 6.04 Å². The molecule has 178 valence electrons. The van der Waals surface area contributed by atoms with E-state index in [1.165, 1.54) is 19.1 Å². The van der Waals surface area contributed by atoms with Gasteiger partial charge in [0.25, 0.3) is 0 Å². The van der Waals surface area contributed by atoms with Crippen LogP contribution in [0.4, 0.5) is 0 Å². The van der Waals surface area contributed by atoms with Crippen molar-refractivity contribution in [3.05, 3.63) is 29.8 Å². The van der Waals surface area contributed by atoms with Crippen LogP contribution in [0, 0.1) is 5.92 Å². The van der Waals surface area contributed by atoms with Gasteiger partial charge in [-0.2, -0.15) is 12.6 Å². The second-order valence-electron chi connectivity index (χ2n) is 7.66. The lowest BCUT2D eigenvalue weighted by Gasteiger charge is -2.25. The summed E-state index contributed by atoms with van der Waals surface area (Å²) in [6, 6.07) is 1.92. The highest BCUT2D eigenvalue weighted by Crippen LogP contribution is 2.13. The first-order chi connectivity index (χ1) is 15.0. The van der Waals surface area contributed by atoms with E-state index in [4.69, 9.17) is 5.73 Å². The van der Waals surface area contributed by atoms with E-state index in [0.717, 1.165) is 0 Å². The average Bonchev–Trinajstić information content (AvgIpc) is 2.76. The van der Waals surface area contributed by atoms with Crippen molar-refractivity contribution < 1.29 is 29.4 Å². The highest BCUT2D eigenvalue weighted by Gasteiger charge is 2.31. The number of nitrogens with two attached hydrogens (primary N) is 1. The molecule has 0 aliphatic carbocycles. The Balaban J connectivity index is 3.02. The predicted octanol–water partition coefficient (Wildman–Crippen LogP) is -0.203. The van der Waals surface area contributed by atoms with Crippen molar-refractivity contribution in [1.29, 1.82) is 0 Å². The minimum atomic E-state index is -1.18. The third kappa shape index (κ3) is 8.39. The largest absolute Gasteiger partial charge is 0.508 e. The molecule has 0 aliphatic heterocycles. The quantitative estimate of drug-likeness (QED) is 0.208. The van der Waals surface area contributed by atoms with Crippen molar-refractivity contribution in [3.8, 4) is 5.75 Å². The van der Waals surface area contributed by atoms with Crippen molar-refractivity contribution in [3.63, 3.8) is 0 Å². The molecule has 32 heavy (non-hydrogen) atoms. The Morgan fingerprint density at radius 3 is 2.09 bits per heavy atom. The number of aromatic hydroxyl groups is 1. The molecule has 0 saturated carbocycles. The number of carbonyl (C=O) groups is 4. The molecular formula is C21H32N4O6S. The van der Waals surface area contributed by atoms with Crippen molar-refractivity contribution in [2.45, 2.75) is 57.8 Å². The van der Waals surface area contributed by atoms with E-state index in [-0.39, 0.29) is 23.8 Å². The molecule has 0 heterocycles. The Hall–Kier alpha value is -2.79. The minimum Gasteiger partial charge on any atom is -0.508 e. The molecule has 10 nitrogen and oxygen atoms in total. The van der Waals surface area contributed by atoms with Gasteiger partial charge < -0.3 is 31.9 Å². The zero-order valence-electron chi connectivity index (χ0n) is 18.4. The molecule has 1 rings (SSSR count). The predicted molar refractivity (Wildman–Crippen MR) is 122 cm³/mol. The number of aliphatic carboxylic acids is 1. The van der Waals surface area contributed by atoms with Crippen LogP contribution in [0.1, 0.15) is 32.8 Å². The Kier molecular flexibility index (Phi) is 11.0. The summed E-state index contributed by atoms with van der Waals surface area (Å²) >= 11 is 3.94. The zero-order chi connectivity index (χ0) is 24.4. The summed E-state index contributed by atoms with van der Waals surface area (Å²) in [5.41, 5.74) is 6.23. The smallest absolute Gasteiger partial charge is 0.326 e. The maximum absolute atomic E-state index is 12.9. The Labute approximate surface area is 192 Å². The summed E-state index contributed by atoms with van der Waals surface area (Å²) in [7, 11) is 0. The second kappa shape index (κ2) is 12.9. The van der Waals surface area contributed by atoms with E-state index in [1.54, 1.807) is 19.1 Å². The van der Waals surface area contributed by atoms with Crippen LogP contribution < -0.4 is 21.7 Å². The molecule has 1 aromatic rings. The molecule has 0 fully saturated rings. The maximum atomic E-state index is 12.9. The number of phenolic OH excluding ortho intramolecular Hbond substituents is 1. The zero-order valence-corrected chi connectivity index (χ0v) is 19.3. The molecule has 0 saturated heterocycles. The molecular weight excluding hydrogens is 436 g/mol. The van der Waals surface area contributed by atoms with Crippen molar-refractivity contribution >= 4 is 36.3 Å². The van der Waals surface area contributed by atoms with Crippen LogP contribution in [-0.2, 0) is 25.6 Å². The Bertz CT molecular complexity index is 804. The molecule has 5 unspecified atom stereocenters. The van der Waals surface area contributed by atoms with Crippen LogP contribution in [0.25, 0.3) is 0 Å². The number of hydrogen-bond donors (Lipinski definition) is 7. The van der Waals surface area contributed by atoms with Gasteiger partial charge in [-0.1, -0.05) is 32.4 Å². The number of rotatable bonds is 12. The topological polar surface area (TPSA) is 171 Å². The Morgan fingerprint density at radius 2 is 1.59 bits per heavy atom. The Morgan fingerprint density at radius 1 is 1.00 bits per heavy atom. The van der Waals surface area contributed by atoms with Gasteiger partial charge in [-0.3, -0.25) is 14.4 Å². The van der Waals surface area contributed by atoms with Gasteiger partial charge in [-0.05, 0) is 30.5 Å². The first kappa shape index (κ1) is 27.2. The molecule has 1 aromatic carbocycles. The number of amides is 3. The molecule has 0 radical (unpaired) electrons. The second-order valence-corrected chi connectivity index (χ2v) is 8.03. The summed E-state index contributed by atoms with van der Waals surface area (Å²) < 4.78 is 0. The normalized spacial score (nSPS) is 15.5. The van der Waals surface area contributed by atoms with Gasteiger partial charge in [-0.15, -0.1) is 0 Å². The fourth-order valence-electron chi connectivity index (χ4n) is 2.78. The van der Waals surface area contributed by atoms with E-state index >= 15 is 0 Å². The number of carbonyl (C=O) groups excluding carboxylic acids is 3. The first-order valence-electron chi connectivity index (χ1n) is 10.3. The number of phenols is 1. The number of nitrogens with one attached hydrogen (secondary N) is 3. The highest BCUT2D eigenvalue weighted by atomic mass is 32.1. The van der Waals surface area contributed by atoms with E-state index in [9.17, 15) is 29.4 Å². The van der Waals surface area contributed by atoms with Gasteiger partial charge in [-0.25, -0.2) is 4.79 Å². The molecule has 5 atom stereocenters. The molecule has 11 heteroatoms. The van der Waals surface area contributed by atoms with E-state index in [2.05, 4.69) is 28.6 Å². The maximum Gasteiger partial charge on any atom is 0.326 e. The fourth-order valence-corrected chi connectivity index (χ4v) is 2.95. The molecule has 0 aliphatic rings. The van der Waals surface area contributed by atoms with Crippen LogP contribution in [0.3, 0.4) is 0 Å². The number of hydrogen-bond acceptors (Lipinski definition) is 7. The van der Waals surface area contributed by atoms with Crippen molar-refractivity contribution in [2.75, 3.05) is 5.75 Å². The summed E-state index contributed by atoms with van der Waals surface area (Å²) in [5, 5.41) is 26.4. The molecule has 0 aromatic heterocycles. The number of benzene rings is 1. The molecule has 3 amide bonds. The van der Waals surface area contributed by atoms with Crippen molar-refractivity contribution in [2.24, 2.45) is 11.7 Å². The average molecular weight is 469 g/mol. The van der Waals surface area contributed by atoms with Gasteiger partial charge in [0.1, 0.15) is 23.9 Å². The lowest BCUT2D eigenvalue weighted by Crippen LogP contribution is -2.57. The summed E-state index contributed by atoms with van der Waals surface area (Å²) in [6.07, 6.45) is 0.572.